The summed E-state index contributed by atoms with van der Waals surface area (Å²) in [6, 6.07) is 27.4. The summed E-state index contributed by atoms with van der Waals surface area (Å²) < 4.78 is 56.2. The number of amides is 1. The minimum Gasteiger partial charge on any atom is -0.490 e. The van der Waals surface area contributed by atoms with Crippen molar-refractivity contribution in [1.29, 1.82) is 0 Å². The maximum absolute atomic E-state index is 13.8. The summed E-state index contributed by atoms with van der Waals surface area (Å²) in [7, 11) is 1.72. The first-order chi connectivity index (χ1) is 25.5. The largest absolute Gasteiger partial charge is 0.490 e. The minimum absolute atomic E-state index is 0.0706. The van der Waals surface area contributed by atoms with Crippen LogP contribution in [0.2, 0.25) is 0 Å². The number of anilines is 1. The number of fused-ring (bicyclic) bond motifs is 1. The van der Waals surface area contributed by atoms with E-state index < -0.39 is 11.6 Å². The number of nitrogens with one attached hydrogen (secondary N) is 1. The number of hydrogen-bond donors (Lipinski definition) is 1. The number of likely N-dealkylation sites (tertiary alicyclic amines) is 1. The van der Waals surface area contributed by atoms with Crippen LogP contribution >= 0.6 is 0 Å². The number of methoxy groups -OCH3 is 1. The lowest BCUT2D eigenvalue weighted by atomic mass is 9.86. The van der Waals surface area contributed by atoms with Gasteiger partial charge in [0.15, 0.2) is 11.6 Å². The average molecular weight is 716 g/mol. The number of rotatable bonds is 16. The van der Waals surface area contributed by atoms with Crippen molar-refractivity contribution in [3.63, 3.8) is 0 Å². The van der Waals surface area contributed by atoms with Gasteiger partial charge < -0.3 is 38.8 Å². The maximum atomic E-state index is 13.8. The maximum Gasteiger partial charge on any atom is 0.410 e. The molecule has 1 fully saturated rings. The molecule has 276 valence electrons. The van der Waals surface area contributed by atoms with E-state index in [0.29, 0.717) is 46.0 Å². The second-order valence-corrected chi connectivity index (χ2v) is 13.1. The highest BCUT2D eigenvalue weighted by Gasteiger charge is 2.34. The van der Waals surface area contributed by atoms with E-state index in [2.05, 4.69) is 40.5 Å². The molecule has 2 aliphatic heterocycles. The molecule has 0 radical (unpaired) electrons. The lowest BCUT2D eigenvalue weighted by molar-refractivity contribution is -0.0246. The molecular weight excluding hydrogens is 668 g/mol. The number of piperidine rings is 1. The molecule has 4 aromatic carbocycles. The number of carbonyl (C=O) groups excluding carboxylic acids is 1. The van der Waals surface area contributed by atoms with Crippen LogP contribution in [-0.4, -0.2) is 76.8 Å². The first kappa shape index (κ1) is 37.1. The van der Waals surface area contributed by atoms with Crippen molar-refractivity contribution in [3.8, 4) is 11.5 Å². The summed E-state index contributed by atoms with van der Waals surface area (Å²) in [6.07, 6.45) is 1.05. The fourth-order valence-corrected chi connectivity index (χ4v) is 6.62. The highest BCUT2D eigenvalue weighted by atomic mass is 19.1. The van der Waals surface area contributed by atoms with Crippen LogP contribution in [0.25, 0.3) is 0 Å². The van der Waals surface area contributed by atoms with Crippen molar-refractivity contribution in [3.05, 3.63) is 125 Å². The third kappa shape index (κ3) is 10.2. The Kier molecular flexibility index (Phi) is 13.3. The average Bonchev–Trinajstić information content (AvgIpc) is 3.18. The predicted molar refractivity (Wildman–Crippen MR) is 195 cm³/mol. The van der Waals surface area contributed by atoms with E-state index in [1.807, 2.05) is 42.5 Å². The van der Waals surface area contributed by atoms with Crippen LogP contribution in [0.15, 0.2) is 91.0 Å². The van der Waals surface area contributed by atoms with Gasteiger partial charge in [0.2, 0.25) is 0 Å². The lowest BCUT2D eigenvalue weighted by Crippen LogP contribution is -2.47. The van der Waals surface area contributed by atoms with Crippen LogP contribution in [0.5, 0.6) is 11.5 Å². The van der Waals surface area contributed by atoms with Gasteiger partial charge in [-0.25, -0.2) is 13.6 Å². The van der Waals surface area contributed by atoms with Gasteiger partial charge in [-0.15, -0.1) is 0 Å². The Hall–Kier alpha value is -4.71. The van der Waals surface area contributed by atoms with Gasteiger partial charge in [-0.2, -0.15) is 0 Å². The van der Waals surface area contributed by atoms with Crippen molar-refractivity contribution in [1.82, 2.24) is 10.2 Å². The molecule has 2 aliphatic rings. The van der Waals surface area contributed by atoms with E-state index in [1.54, 1.807) is 12.0 Å². The number of hydrogen-bond acceptors (Lipinski definition) is 8. The first-order valence-corrected chi connectivity index (χ1v) is 17.9. The number of carbonyl (C=O) groups is 1. The molecule has 1 N–H and O–H groups in total. The molecule has 1 amide bonds. The standard InChI is InChI=1S/C41H47F2N3O6/c1-48-21-5-18-45-20-23-50-38-15-10-32(24-37(38)45)29-51-40-27-46(41(47)52-28-31-6-3-2-4-7-31)19-16-35(40)33-11-8-30(9-12-33)26-44-17-22-49-39-25-34(42)13-14-36(39)43/h2-4,6-15,24-25,35,40,44H,5,16-23,26-29H2,1H3. The molecule has 1 saturated heterocycles. The number of benzene rings is 4. The number of nitrogens with zero attached hydrogens (tertiary/aromatic N) is 2. The number of ether oxygens (including phenoxy) is 5. The summed E-state index contributed by atoms with van der Waals surface area (Å²) in [5.74, 6) is -0.287. The molecule has 0 saturated carbocycles. The van der Waals surface area contributed by atoms with Crippen LogP contribution in [0.1, 0.15) is 41.0 Å². The Labute approximate surface area is 304 Å². The Morgan fingerprint density at radius 2 is 1.73 bits per heavy atom. The van der Waals surface area contributed by atoms with Gasteiger partial charge in [0.05, 0.1) is 31.5 Å². The predicted octanol–water partition coefficient (Wildman–Crippen LogP) is 7.08. The Balaban J connectivity index is 1.08. The Morgan fingerprint density at radius 1 is 0.904 bits per heavy atom. The molecule has 0 spiro atoms. The Morgan fingerprint density at radius 3 is 2.56 bits per heavy atom. The van der Waals surface area contributed by atoms with Crippen molar-refractivity contribution in [2.24, 2.45) is 0 Å². The highest BCUT2D eigenvalue weighted by molar-refractivity contribution is 5.68. The zero-order valence-corrected chi connectivity index (χ0v) is 29.6. The van der Waals surface area contributed by atoms with Crippen LogP contribution in [0.4, 0.5) is 19.3 Å². The molecule has 2 unspecified atom stereocenters. The van der Waals surface area contributed by atoms with Gasteiger partial charge in [-0.1, -0.05) is 60.7 Å². The van der Waals surface area contributed by atoms with E-state index in [9.17, 15) is 13.6 Å². The minimum atomic E-state index is -0.591. The molecule has 2 atom stereocenters. The van der Waals surface area contributed by atoms with E-state index in [0.717, 1.165) is 77.8 Å². The van der Waals surface area contributed by atoms with E-state index in [-0.39, 0.29) is 37.1 Å². The van der Waals surface area contributed by atoms with Crippen LogP contribution < -0.4 is 19.7 Å². The fourth-order valence-electron chi connectivity index (χ4n) is 6.62. The fraction of sp³-hybridized carbons (Fsp3) is 0.390. The summed E-state index contributed by atoms with van der Waals surface area (Å²) in [5.41, 5.74) is 5.25. The molecule has 0 bridgehead atoms. The smallest absolute Gasteiger partial charge is 0.410 e. The quantitative estimate of drug-likeness (QED) is 0.123. The molecule has 11 heteroatoms. The highest BCUT2D eigenvalue weighted by Crippen LogP contribution is 2.35. The van der Waals surface area contributed by atoms with Gasteiger partial charge in [-0.05, 0) is 59.4 Å². The summed E-state index contributed by atoms with van der Waals surface area (Å²) >= 11 is 0. The molecule has 6 rings (SSSR count). The molecule has 0 aromatic heterocycles. The molecule has 52 heavy (non-hydrogen) atoms. The van der Waals surface area contributed by atoms with Gasteiger partial charge in [0.25, 0.3) is 0 Å². The van der Waals surface area contributed by atoms with E-state index >= 15 is 0 Å². The second-order valence-electron chi connectivity index (χ2n) is 13.1. The third-order valence-electron chi connectivity index (χ3n) is 9.41. The van der Waals surface area contributed by atoms with Crippen LogP contribution in [-0.2, 0) is 34.0 Å². The monoisotopic (exact) mass is 715 g/mol. The molecule has 2 heterocycles. The van der Waals surface area contributed by atoms with Crippen molar-refractivity contribution < 1.29 is 37.3 Å². The first-order valence-electron chi connectivity index (χ1n) is 17.9. The van der Waals surface area contributed by atoms with Crippen LogP contribution in [0, 0.1) is 11.6 Å². The van der Waals surface area contributed by atoms with Gasteiger partial charge in [0, 0.05) is 51.9 Å². The SMILES string of the molecule is COCCCN1CCOc2ccc(COC3CN(C(=O)OCc4ccccc4)CCC3c3ccc(CNCCOc4cc(F)ccc4F)cc3)cc21. The zero-order valence-electron chi connectivity index (χ0n) is 29.6. The molecule has 0 aliphatic carbocycles. The normalized spacial score (nSPS) is 17.0. The van der Waals surface area contributed by atoms with Gasteiger partial charge in [-0.3, -0.25) is 0 Å². The molecule has 4 aromatic rings. The molecule has 9 nitrogen and oxygen atoms in total. The van der Waals surface area contributed by atoms with Crippen LogP contribution in [0.3, 0.4) is 0 Å². The second kappa shape index (κ2) is 18.7. The Bertz CT molecular complexity index is 1730. The lowest BCUT2D eigenvalue weighted by Gasteiger charge is -2.38. The van der Waals surface area contributed by atoms with Crippen molar-refractivity contribution in [2.45, 2.75) is 44.6 Å². The van der Waals surface area contributed by atoms with E-state index in [4.69, 9.17) is 23.7 Å². The number of halogens is 2. The van der Waals surface area contributed by atoms with Crippen molar-refractivity contribution in [2.75, 3.05) is 64.6 Å². The summed E-state index contributed by atoms with van der Waals surface area (Å²) in [4.78, 5) is 17.3. The summed E-state index contributed by atoms with van der Waals surface area (Å²) in [5, 5.41) is 3.29. The topological polar surface area (TPSA) is 81.7 Å². The van der Waals surface area contributed by atoms with Gasteiger partial charge >= 0.3 is 6.09 Å². The van der Waals surface area contributed by atoms with Crippen molar-refractivity contribution >= 4 is 11.8 Å². The third-order valence-corrected chi connectivity index (χ3v) is 9.41. The zero-order chi connectivity index (χ0) is 36.1. The van der Waals surface area contributed by atoms with E-state index in [1.165, 1.54) is 0 Å². The molecular formula is C41H47F2N3O6. The van der Waals surface area contributed by atoms with Gasteiger partial charge in [0.1, 0.15) is 31.4 Å². The summed E-state index contributed by atoms with van der Waals surface area (Å²) in [6.45, 7) is 5.87.